The van der Waals surface area contributed by atoms with E-state index in [2.05, 4.69) is 46.9 Å². The number of halogens is 1. The number of alkyl carbamates (subject to hydrolysis) is 1. The van der Waals surface area contributed by atoms with E-state index in [1.54, 1.807) is 63.4 Å². The summed E-state index contributed by atoms with van der Waals surface area (Å²) in [6.07, 6.45) is -1.75. The Morgan fingerprint density at radius 2 is 1.72 bits per heavy atom. The molecule has 1 saturated carbocycles. The SMILES string of the molecule is CCOC(=O)Nc1cc(Cl)cc(CN=C(NC(=O)O[C@@H](C)C2[C@H](C)C(C)[C@@H]2C)NC(=O)c2c(-c3ccc(OC)cc3)noc2C)c1. The van der Waals surface area contributed by atoms with Gasteiger partial charge >= 0.3 is 12.2 Å². The van der Waals surface area contributed by atoms with Crippen LogP contribution in [0.2, 0.25) is 5.02 Å². The monoisotopic (exact) mass is 653 g/mol. The summed E-state index contributed by atoms with van der Waals surface area (Å²) >= 11 is 6.29. The van der Waals surface area contributed by atoms with Crippen LogP contribution in [-0.2, 0) is 16.0 Å². The second kappa shape index (κ2) is 15.1. The maximum Gasteiger partial charge on any atom is 0.414 e. The standard InChI is InChI=1S/C33H40ClN5O7/c1-8-44-32(41)36-25-14-22(13-24(34)15-25)16-35-31(38-33(42)45-20(5)27-18(3)17(2)19(27)4)37-30(40)28-21(6)46-39-29(28)23-9-11-26(43-7)12-10-23/h9-15,17-20,27H,8,16H2,1-7H3,(H,36,41)(H2,35,37,38,40,42)/t17?,18-,19+,20-,27?/m0/s1. The molecule has 0 aliphatic heterocycles. The predicted octanol–water partition coefficient (Wildman–Crippen LogP) is 6.82. The number of nitrogens with zero attached hydrogens (tertiary/aromatic N) is 2. The van der Waals surface area contributed by atoms with Gasteiger partial charge < -0.3 is 18.7 Å². The summed E-state index contributed by atoms with van der Waals surface area (Å²) in [6, 6.07) is 11.9. The van der Waals surface area contributed by atoms with E-state index >= 15 is 0 Å². The van der Waals surface area contributed by atoms with Crippen molar-refractivity contribution >= 4 is 41.3 Å². The third-order valence-electron chi connectivity index (χ3n) is 8.51. The number of hydrogen-bond acceptors (Lipinski definition) is 9. The predicted molar refractivity (Wildman–Crippen MR) is 174 cm³/mol. The number of aryl methyl sites for hydroxylation is 1. The number of anilines is 1. The van der Waals surface area contributed by atoms with Crippen molar-refractivity contribution in [2.45, 2.75) is 54.2 Å². The maximum absolute atomic E-state index is 13.7. The molecule has 2 aromatic carbocycles. The lowest BCUT2D eigenvalue weighted by Gasteiger charge is -2.50. The lowest BCUT2D eigenvalue weighted by molar-refractivity contribution is -0.0688. The normalized spacial score (nSPS) is 19.8. The van der Waals surface area contributed by atoms with Crippen molar-refractivity contribution in [1.29, 1.82) is 0 Å². The van der Waals surface area contributed by atoms with Crippen LogP contribution < -0.4 is 20.7 Å². The average Bonchev–Trinajstić information content (AvgIpc) is 3.40. The van der Waals surface area contributed by atoms with Crippen LogP contribution >= 0.6 is 11.6 Å². The molecular weight excluding hydrogens is 614 g/mol. The molecular formula is C33H40ClN5O7. The molecule has 3 N–H and O–H groups in total. The zero-order chi connectivity index (χ0) is 33.5. The summed E-state index contributed by atoms with van der Waals surface area (Å²) in [5.74, 6) is 1.68. The van der Waals surface area contributed by atoms with Crippen molar-refractivity contribution in [2.24, 2.45) is 28.7 Å². The van der Waals surface area contributed by atoms with Crippen molar-refractivity contribution in [3.05, 3.63) is 64.4 Å². The van der Waals surface area contributed by atoms with E-state index in [0.717, 1.165) is 0 Å². The first-order valence-corrected chi connectivity index (χ1v) is 15.5. The molecule has 1 aliphatic carbocycles. The average molecular weight is 654 g/mol. The number of hydrogen-bond donors (Lipinski definition) is 3. The fraction of sp³-hybridized carbons (Fsp3) is 0.424. The number of carbonyl (C=O) groups excluding carboxylic acids is 3. The van der Waals surface area contributed by atoms with Gasteiger partial charge in [-0.25, -0.2) is 14.6 Å². The van der Waals surface area contributed by atoms with E-state index in [0.29, 0.717) is 51.0 Å². The fourth-order valence-corrected chi connectivity index (χ4v) is 6.13. The Kier molecular flexibility index (Phi) is 11.3. The van der Waals surface area contributed by atoms with Crippen LogP contribution in [0.25, 0.3) is 11.3 Å². The Balaban J connectivity index is 1.58. The molecule has 0 saturated heterocycles. The van der Waals surface area contributed by atoms with Crippen LogP contribution in [0, 0.1) is 30.6 Å². The lowest BCUT2D eigenvalue weighted by Crippen LogP contribution is -2.51. The van der Waals surface area contributed by atoms with Crippen molar-refractivity contribution in [3.63, 3.8) is 0 Å². The van der Waals surface area contributed by atoms with Crippen LogP contribution in [0.15, 0.2) is 52.0 Å². The zero-order valence-electron chi connectivity index (χ0n) is 27.0. The molecule has 46 heavy (non-hydrogen) atoms. The molecule has 1 heterocycles. The quantitative estimate of drug-likeness (QED) is 0.168. The van der Waals surface area contributed by atoms with Gasteiger partial charge in [0.25, 0.3) is 5.91 Å². The molecule has 1 fully saturated rings. The molecule has 0 radical (unpaired) electrons. The number of carbonyl (C=O) groups is 3. The molecule has 1 aromatic heterocycles. The zero-order valence-corrected chi connectivity index (χ0v) is 27.7. The van der Waals surface area contributed by atoms with Gasteiger partial charge in [0.2, 0.25) is 5.96 Å². The number of methoxy groups -OCH3 is 1. The van der Waals surface area contributed by atoms with Gasteiger partial charge in [-0.3, -0.25) is 20.7 Å². The van der Waals surface area contributed by atoms with Gasteiger partial charge in [0.05, 0.1) is 20.3 Å². The van der Waals surface area contributed by atoms with Crippen molar-refractivity contribution in [1.82, 2.24) is 15.8 Å². The number of amides is 3. The number of ether oxygens (including phenoxy) is 3. The first-order chi connectivity index (χ1) is 21.9. The summed E-state index contributed by atoms with van der Waals surface area (Å²) in [4.78, 5) is 43.2. The van der Waals surface area contributed by atoms with E-state index in [-0.39, 0.29) is 42.5 Å². The van der Waals surface area contributed by atoms with Gasteiger partial charge in [-0.15, -0.1) is 0 Å². The molecule has 5 atom stereocenters. The summed E-state index contributed by atoms with van der Waals surface area (Å²) in [5, 5.41) is 12.3. The second-order valence-corrected chi connectivity index (χ2v) is 11.8. The highest BCUT2D eigenvalue weighted by Crippen LogP contribution is 2.47. The molecule has 2 unspecified atom stereocenters. The van der Waals surface area contributed by atoms with Crippen molar-refractivity contribution in [2.75, 3.05) is 19.0 Å². The summed E-state index contributed by atoms with van der Waals surface area (Å²) in [5.41, 5.74) is 2.07. The first kappa shape index (κ1) is 34.3. The van der Waals surface area contributed by atoms with E-state index in [4.69, 9.17) is 30.3 Å². The summed E-state index contributed by atoms with van der Waals surface area (Å²) in [7, 11) is 1.56. The van der Waals surface area contributed by atoms with E-state index in [9.17, 15) is 14.4 Å². The van der Waals surface area contributed by atoms with Gasteiger partial charge in [-0.1, -0.05) is 37.5 Å². The van der Waals surface area contributed by atoms with Gasteiger partial charge in [0, 0.05) is 22.2 Å². The Hall–Kier alpha value is -4.58. The highest BCUT2D eigenvalue weighted by molar-refractivity contribution is 6.31. The minimum absolute atomic E-state index is 0.0221. The molecule has 3 amide bonds. The minimum atomic E-state index is -0.765. The largest absolute Gasteiger partial charge is 0.497 e. The van der Waals surface area contributed by atoms with Crippen LogP contribution in [-0.4, -0.2) is 49.0 Å². The van der Waals surface area contributed by atoms with Crippen molar-refractivity contribution in [3.8, 4) is 17.0 Å². The maximum atomic E-state index is 13.7. The topological polar surface area (TPSA) is 153 Å². The summed E-state index contributed by atoms with van der Waals surface area (Å²) < 4.78 is 21.3. The van der Waals surface area contributed by atoms with Gasteiger partial charge in [-0.2, -0.15) is 0 Å². The van der Waals surface area contributed by atoms with Gasteiger partial charge in [0.1, 0.15) is 28.9 Å². The van der Waals surface area contributed by atoms with Gasteiger partial charge in [-0.05, 0) is 86.6 Å². The van der Waals surface area contributed by atoms with E-state index < -0.39 is 18.1 Å². The number of aromatic nitrogens is 1. The molecule has 0 bridgehead atoms. The molecule has 4 rings (SSSR count). The van der Waals surface area contributed by atoms with Crippen LogP contribution in [0.5, 0.6) is 5.75 Å². The Morgan fingerprint density at radius 3 is 2.37 bits per heavy atom. The third-order valence-corrected chi connectivity index (χ3v) is 8.73. The minimum Gasteiger partial charge on any atom is -0.497 e. The molecule has 3 aromatic rings. The van der Waals surface area contributed by atoms with Gasteiger partial charge in [0.15, 0.2) is 0 Å². The molecule has 13 heteroatoms. The summed E-state index contributed by atoms with van der Waals surface area (Å²) in [6.45, 7) is 11.8. The second-order valence-electron chi connectivity index (χ2n) is 11.4. The highest BCUT2D eigenvalue weighted by atomic mass is 35.5. The van der Waals surface area contributed by atoms with E-state index in [1.165, 1.54) is 0 Å². The van der Waals surface area contributed by atoms with Crippen LogP contribution in [0.1, 0.15) is 56.3 Å². The highest BCUT2D eigenvalue weighted by Gasteiger charge is 2.46. The Bertz CT molecular complexity index is 1580. The van der Waals surface area contributed by atoms with Crippen LogP contribution in [0.3, 0.4) is 0 Å². The van der Waals surface area contributed by atoms with Crippen LogP contribution in [0.4, 0.5) is 15.3 Å². The number of benzene rings is 2. The Morgan fingerprint density at radius 1 is 1.02 bits per heavy atom. The Labute approximate surface area is 273 Å². The molecule has 1 aliphatic rings. The molecule has 0 spiro atoms. The molecule has 12 nitrogen and oxygen atoms in total. The number of aliphatic imine (C=N–C) groups is 1. The fourth-order valence-electron chi connectivity index (χ4n) is 5.88. The number of guanidine groups is 1. The van der Waals surface area contributed by atoms with Crippen molar-refractivity contribution < 1.29 is 33.1 Å². The third kappa shape index (κ3) is 8.16. The lowest BCUT2D eigenvalue weighted by atomic mass is 9.57. The number of nitrogens with one attached hydrogen (secondary N) is 3. The number of rotatable bonds is 9. The smallest absolute Gasteiger partial charge is 0.414 e. The van der Waals surface area contributed by atoms with E-state index in [1.807, 2.05) is 6.92 Å². The molecule has 246 valence electrons. The first-order valence-electron chi connectivity index (χ1n) is 15.1.